The van der Waals surface area contributed by atoms with E-state index in [4.69, 9.17) is 19.5 Å². The summed E-state index contributed by atoms with van der Waals surface area (Å²) in [5.74, 6) is -1.39. The molecule has 3 N–H and O–H groups in total. The van der Waals surface area contributed by atoms with Crippen molar-refractivity contribution in [1.82, 2.24) is 0 Å². The van der Waals surface area contributed by atoms with Crippen molar-refractivity contribution in [2.75, 3.05) is 33.9 Å². The van der Waals surface area contributed by atoms with Gasteiger partial charge >= 0.3 is 5.97 Å². The fourth-order valence-electron chi connectivity index (χ4n) is 3.97. The van der Waals surface area contributed by atoms with E-state index in [0.717, 1.165) is 19.3 Å². The molecule has 0 spiro atoms. The zero-order valence-electron chi connectivity index (χ0n) is 24.4. The van der Waals surface area contributed by atoms with Crippen LogP contribution in [-0.4, -0.2) is 77.8 Å². The van der Waals surface area contributed by atoms with Crippen molar-refractivity contribution >= 4 is 13.6 Å². The normalized spacial score (nSPS) is 15.6. The number of aliphatic hydroxyl groups excluding tert-OH is 2. The van der Waals surface area contributed by atoms with Crippen LogP contribution in [-0.2, 0) is 18.6 Å². The third-order valence-corrected chi connectivity index (χ3v) is 9.01. The molecule has 0 amide bonds. The number of quaternary nitrogens is 1. The van der Waals surface area contributed by atoms with Crippen molar-refractivity contribution in [1.29, 1.82) is 0 Å². The number of rotatable bonds is 25. The maximum absolute atomic E-state index is 12.5. The zero-order valence-corrected chi connectivity index (χ0v) is 25.3. The Morgan fingerprint density at radius 1 is 0.895 bits per heavy atom. The number of hydrogen-bond acceptors (Lipinski definition) is 8. The molecule has 0 aromatic heterocycles. The Bertz CT molecular complexity index is 671. The van der Waals surface area contributed by atoms with Crippen LogP contribution >= 0.6 is 7.60 Å². The van der Waals surface area contributed by atoms with E-state index >= 15 is 0 Å². The van der Waals surface area contributed by atoms with E-state index in [2.05, 4.69) is 19.1 Å². The van der Waals surface area contributed by atoms with Crippen LogP contribution in [0.5, 0.6) is 0 Å². The van der Waals surface area contributed by atoms with Crippen LogP contribution in [0.2, 0.25) is 0 Å². The number of nitrogens with zero attached hydrogens (tertiary/aromatic N) is 1. The summed E-state index contributed by atoms with van der Waals surface area (Å²) in [6.07, 6.45) is 17.5. The van der Waals surface area contributed by atoms with Gasteiger partial charge in [0.05, 0.1) is 27.2 Å². The van der Waals surface area contributed by atoms with Gasteiger partial charge in [-0.25, -0.2) is 0 Å². The minimum absolute atomic E-state index is 0.0194. The highest BCUT2D eigenvalue weighted by molar-refractivity contribution is 7.51. The second kappa shape index (κ2) is 22.0. The first-order valence-corrected chi connectivity index (χ1v) is 16.2. The van der Waals surface area contributed by atoms with E-state index in [1.54, 1.807) is 14.1 Å². The molecule has 0 aliphatic rings. The lowest BCUT2D eigenvalue weighted by Crippen LogP contribution is -2.50. The Hall–Kier alpha value is -0.800. The first-order chi connectivity index (χ1) is 17.9. The smallest absolute Gasteiger partial charge is 0.305 e. The van der Waals surface area contributed by atoms with Crippen molar-refractivity contribution in [3.05, 3.63) is 12.2 Å². The Labute approximate surface area is 231 Å². The van der Waals surface area contributed by atoms with Crippen molar-refractivity contribution < 1.29 is 43.3 Å². The van der Waals surface area contributed by atoms with Crippen LogP contribution in [0.15, 0.2) is 12.2 Å². The number of aliphatic hydroxyl groups is 3. The number of carbonyl (C=O) groups excluding carboxylic acids is 1. The van der Waals surface area contributed by atoms with Gasteiger partial charge < -0.3 is 38.5 Å². The van der Waals surface area contributed by atoms with Gasteiger partial charge in [0.15, 0.2) is 13.9 Å². The number of allylic oxidation sites excluding steroid dienone is 2. The molecule has 0 saturated carbocycles. The number of esters is 1. The monoisotopic (exact) mass is 565 g/mol. The fraction of sp³-hybridized carbons (Fsp3) is 0.893. The van der Waals surface area contributed by atoms with Gasteiger partial charge in [-0.15, -0.1) is 0 Å². The molecule has 226 valence electrons. The summed E-state index contributed by atoms with van der Waals surface area (Å²) in [6.45, 7) is 3.08. The number of ether oxygens (including phenoxy) is 1. The second-order valence-corrected chi connectivity index (χ2v) is 13.0. The van der Waals surface area contributed by atoms with Crippen molar-refractivity contribution in [3.8, 4) is 0 Å². The molecule has 0 aliphatic carbocycles. The van der Waals surface area contributed by atoms with Gasteiger partial charge in [-0.1, -0.05) is 70.4 Å². The quantitative estimate of drug-likeness (QED) is 0.0364. The number of carbonyl (C=O) groups is 1. The summed E-state index contributed by atoms with van der Waals surface area (Å²) in [4.78, 5) is 24.4. The summed E-state index contributed by atoms with van der Waals surface area (Å²) in [6, 6.07) is 0. The molecular weight excluding hydrogens is 509 g/mol. The average Bonchev–Trinajstić information content (AvgIpc) is 2.86. The van der Waals surface area contributed by atoms with E-state index in [9.17, 15) is 19.4 Å². The standard InChI is InChI=1S/C28H56NO8P/c1-5-6-7-8-9-10-11-12-13-14-15-16-17-18-19-20-28(33)36-23-26(30)24-37-38(34,35)25(2)29(3,4)22-21-27(31)32/h15-16,25-27,30-32H,5-14,17-24H2,1-4H3/b16-15-/t25?,26-/m1/s1. The van der Waals surface area contributed by atoms with E-state index in [1.165, 1.54) is 64.7 Å². The summed E-state index contributed by atoms with van der Waals surface area (Å²) in [7, 11) is -1.07. The molecule has 3 atom stereocenters. The SMILES string of the molecule is CCCCCCCCCCC/C=C\CCCCC(=O)OC[C@@H](O)COP(=O)([O-])C(C)[N+](C)(C)CCC(O)O. The molecule has 0 rings (SSSR count). The zero-order chi connectivity index (χ0) is 28.9. The Morgan fingerprint density at radius 3 is 1.97 bits per heavy atom. The van der Waals surface area contributed by atoms with Crippen LogP contribution in [0.4, 0.5) is 0 Å². The summed E-state index contributed by atoms with van der Waals surface area (Å²) >= 11 is 0. The third-order valence-electron chi connectivity index (χ3n) is 6.96. The molecule has 0 fully saturated rings. The molecule has 0 radical (unpaired) electrons. The Balaban J connectivity index is 3.87. The molecule has 0 heterocycles. The lowest BCUT2D eigenvalue weighted by Gasteiger charge is -2.42. The van der Waals surface area contributed by atoms with Gasteiger partial charge in [-0.3, -0.25) is 4.79 Å². The molecule has 9 nitrogen and oxygen atoms in total. The van der Waals surface area contributed by atoms with E-state index < -0.39 is 38.3 Å². The molecular formula is C28H56NO8P. The van der Waals surface area contributed by atoms with Crippen molar-refractivity contribution in [3.63, 3.8) is 0 Å². The predicted molar refractivity (Wildman–Crippen MR) is 149 cm³/mol. The molecule has 0 saturated heterocycles. The van der Waals surface area contributed by atoms with Gasteiger partial charge in [-0.05, 0) is 39.0 Å². The van der Waals surface area contributed by atoms with Crippen LogP contribution in [0.3, 0.4) is 0 Å². The first-order valence-electron chi connectivity index (χ1n) is 14.5. The lowest BCUT2D eigenvalue weighted by molar-refractivity contribution is -0.902. The molecule has 10 heteroatoms. The summed E-state index contributed by atoms with van der Waals surface area (Å²) in [5.41, 5.74) is 0. The van der Waals surface area contributed by atoms with E-state index in [-0.39, 0.29) is 30.5 Å². The molecule has 38 heavy (non-hydrogen) atoms. The largest absolute Gasteiger partial charge is 0.774 e. The minimum Gasteiger partial charge on any atom is -0.774 e. The van der Waals surface area contributed by atoms with Crippen LogP contribution in [0.25, 0.3) is 0 Å². The molecule has 0 aromatic carbocycles. The maximum atomic E-state index is 12.5. The van der Waals surface area contributed by atoms with Gasteiger partial charge in [0.1, 0.15) is 18.5 Å². The third kappa shape index (κ3) is 20.2. The van der Waals surface area contributed by atoms with Gasteiger partial charge in [0.2, 0.25) is 0 Å². The topological polar surface area (TPSA) is 136 Å². The summed E-state index contributed by atoms with van der Waals surface area (Å²) < 4.78 is 22.5. The highest BCUT2D eigenvalue weighted by Gasteiger charge is 2.34. The first kappa shape index (κ1) is 37.2. The maximum Gasteiger partial charge on any atom is 0.305 e. The lowest BCUT2D eigenvalue weighted by atomic mass is 10.1. The van der Waals surface area contributed by atoms with Crippen molar-refractivity contribution in [2.24, 2.45) is 0 Å². The highest BCUT2D eigenvalue weighted by atomic mass is 31.2. The van der Waals surface area contributed by atoms with Gasteiger partial charge in [0, 0.05) is 12.8 Å². The number of hydrogen-bond donors (Lipinski definition) is 3. The molecule has 2 unspecified atom stereocenters. The second-order valence-electron chi connectivity index (χ2n) is 10.9. The van der Waals surface area contributed by atoms with Crippen LogP contribution in [0, 0.1) is 0 Å². The fourth-order valence-corrected chi connectivity index (χ4v) is 5.44. The summed E-state index contributed by atoms with van der Waals surface area (Å²) in [5, 5.41) is 28.1. The van der Waals surface area contributed by atoms with E-state index in [1.807, 2.05) is 0 Å². The molecule has 0 bridgehead atoms. The van der Waals surface area contributed by atoms with Crippen LogP contribution in [0.1, 0.15) is 110 Å². The highest BCUT2D eigenvalue weighted by Crippen LogP contribution is 2.46. The number of unbranched alkanes of at least 4 members (excludes halogenated alkanes) is 11. The average molecular weight is 566 g/mol. The Morgan fingerprint density at radius 2 is 1.42 bits per heavy atom. The van der Waals surface area contributed by atoms with Crippen LogP contribution < -0.4 is 4.89 Å². The van der Waals surface area contributed by atoms with Crippen molar-refractivity contribution in [2.45, 2.75) is 128 Å². The van der Waals surface area contributed by atoms with Gasteiger partial charge in [-0.2, -0.15) is 0 Å². The molecule has 0 aromatic rings. The van der Waals surface area contributed by atoms with Gasteiger partial charge in [0.25, 0.3) is 0 Å². The minimum atomic E-state index is -4.36. The predicted octanol–water partition coefficient (Wildman–Crippen LogP) is 4.62. The molecule has 0 aliphatic heterocycles. The Kier molecular flexibility index (Phi) is 21.5. The van der Waals surface area contributed by atoms with E-state index in [0.29, 0.717) is 6.42 Å².